The molecule has 92 valence electrons. The lowest BCUT2D eigenvalue weighted by molar-refractivity contribution is 0.605. The van der Waals surface area contributed by atoms with Crippen LogP contribution >= 0.6 is 0 Å². The van der Waals surface area contributed by atoms with Crippen LogP contribution in [0.4, 0.5) is 0 Å². The van der Waals surface area contributed by atoms with Crippen LogP contribution in [0.15, 0.2) is 0 Å². The highest BCUT2D eigenvalue weighted by Gasteiger charge is 2.18. The molecular formula is C15H22N2. The first kappa shape index (κ1) is 12.2. The number of aryl methyl sites for hydroxylation is 4. The quantitative estimate of drug-likeness (QED) is 0.719. The van der Waals surface area contributed by atoms with Gasteiger partial charge in [-0.15, -0.1) is 0 Å². The minimum absolute atomic E-state index is 0.492. The van der Waals surface area contributed by atoms with Crippen LogP contribution in [0.25, 0.3) is 10.9 Å². The van der Waals surface area contributed by atoms with Crippen LogP contribution in [-0.4, -0.2) is 9.55 Å². The van der Waals surface area contributed by atoms with Gasteiger partial charge in [0.25, 0.3) is 0 Å². The molecule has 0 amide bonds. The number of aromatic nitrogens is 2. The molecule has 0 atom stereocenters. The molecule has 2 heterocycles. The third-order valence-electron chi connectivity index (χ3n) is 3.87. The second-order valence-corrected chi connectivity index (χ2v) is 5.31. The van der Waals surface area contributed by atoms with E-state index in [2.05, 4.69) is 58.0 Å². The van der Waals surface area contributed by atoms with E-state index in [0.29, 0.717) is 6.04 Å². The molecule has 2 aromatic heterocycles. The van der Waals surface area contributed by atoms with Gasteiger partial charge >= 0.3 is 0 Å². The summed E-state index contributed by atoms with van der Waals surface area (Å²) in [4.78, 5) is 4.66. The predicted molar refractivity (Wildman–Crippen MR) is 73.8 cm³/mol. The Kier molecular flexibility index (Phi) is 2.76. The van der Waals surface area contributed by atoms with Crippen molar-refractivity contribution in [3.63, 3.8) is 0 Å². The Labute approximate surface area is 104 Å². The van der Waals surface area contributed by atoms with E-state index in [0.717, 1.165) is 11.4 Å². The highest BCUT2D eigenvalue weighted by molar-refractivity contribution is 5.90. The summed E-state index contributed by atoms with van der Waals surface area (Å²) in [6, 6.07) is 0.492. The van der Waals surface area contributed by atoms with Gasteiger partial charge in [-0.1, -0.05) is 0 Å². The van der Waals surface area contributed by atoms with Gasteiger partial charge in [-0.3, -0.25) is 4.98 Å². The summed E-state index contributed by atoms with van der Waals surface area (Å²) in [6.45, 7) is 15.3. The van der Waals surface area contributed by atoms with E-state index in [1.54, 1.807) is 0 Å². The molecule has 2 heteroatoms. The first-order valence-electron chi connectivity index (χ1n) is 6.31. The number of fused-ring (bicyclic) bond motifs is 1. The topological polar surface area (TPSA) is 17.8 Å². The average Bonchev–Trinajstić information content (AvgIpc) is 2.49. The average molecular weight is 230 g/mol. The fourth-order valence-electron chi connectivity index (χ4n) is 2.85. The Hall–Kier alpha value is -1.31. The summed E-state index contributed by atoms with van der Waals surface area (Å²) in [7, 11) is 0. The minimum atomic E-state index is 0.492. The summed E-state index contributed by atoms with van der Waals surface area (Å²) in [5.74, 6) is 0. The lowest BCUT2D eigenvalue weighted by atomic mass is 10.1. The first-order valence-corrected chi connectivity index (χ1v) is 6.31. The van der Waals surface area contributed by atoms with Crippen LogP contribution in [-0.2, 0) is 0 Å². The van der Waals surface area contributed by atoms with Gasteiger partial charge in [0.1, 0.15) is 0 Å². The summed E-state index contributed by atoms with van der Waals surface area (Å²) >= 11 is 0. The summed E-state index contributed by atoms with van der Waals surface area (Å²) < 4.78 is 2.45. The maximum Gasteiger partial charge on any atom is 0.0553 e. The van der Waals surface area contributed by atoms with Gasteiger partial charge in [-0.2, -0.15) is 0 Å². The first-order chi connectivity index (χ1) is 7.86. The van der Waals surface area contributed by atoms with Crippen LogP contribution in [0.5, 0.6) is 0 Å². The molecule has 0 bridgehead atoms. The molecule has 0 N–H and O–H groups in total. The number of pyridine rings is 1. The molecule has 2 rings (SSSR count). The van der Waals surface area contributed by atoms with E-state index in [4.69, 9.17) is 0 Å². The molecule has 2 nitrogen and oxygen atoms in total. The molecule has 0 unspecified atom stereocenters. The van der Waals surface area contributed by atoms with Crippen molar-refractivity contribution in [2.45, 2.75) is 54.5 Å². The Balaban J connectivity index is 3.06. The zero-order chi connectivity index (χ0) is 12.9. The molecule has 0 fully saturated rings. The van der Waals surface area contributed by atoms with E-state index in [-0.39, 0.29) is 0 Å². The molecule has 0 aliphatic heterocycles. The molecule has 0 aromatic carbocycles. The van der Waals surface area contributed by atoms with Crippen molar-refractivity contribution in [3.05, 3.63) is 28.2 Å². The third-order valence-corrected chi connectivity index (χ3v) is 3.87. The largest absolute Gasteiger partial charge is 0.342 e. The van der Waals surface area contributed by atoms with Crippen LogP contribution in [0.1, 0.15) is 48.1 Å². The SMILES string of the molecule is Cc1nc(C)c2c(C)c(C)n(C(C)C)c2c1C. The van der Waals surface area contributed by atoms with Gasteiger partial charge in [0, 0.05) is 28.5 Å². The van der Waals surface area contributed by atoms with E-state index < -0.39 is 0 Å². The Morgan fingerprint density at radius 2 is 1.47 bits per heavy atom. The fraction of sp³-hybridized carbons (Fsp3) is 0.533. The van der Waals surface area contributed by atoms with Crippen molar-refractivity contribution in [1.82, 2.24) is 9.55 Å². The van der Waals surface area contributed by atoms with Crippen LogP contribution in [0.2, 0.25) is 0 Å². The van der Waals surface area contributed by atoms with Crippen molar-refractivity contribution in [2.24, 2.45) is 0 Å². The molecule has 0 saturated heterocycles. The second-order valence-electron chi connectivity index (χ2n) is 5.31. The van der Waals surface area contributed by atoms with Gasteiger partial charge in [-0.25, -0.2) is 0 Å². The van der Waals surface area contributed by atoms with E-state index in [1.807, 2.05) is 0 Å². The summed E-state index contributed by atoms with van der Waals surface area (Å²) in [5.41, 5.74) is 7.74. The van der Waals surface area contributed by atoms with Gasteiger partial charge < -0.3 is 4.57 Å². The van der Waals surface area contributed by atoms with Gasteiger partial charge in [0.2, 0.25) is 0 Å². The van der Waals surface area contributed by atoms with Crippen molar-refractivity contribution < 1.29 is 0 Å². The monoisotopic (exact) mass is 230 g/mol. The van der Waals surface area contributed by atoms with Crippen LogP contribution in [0.3, 0.4) is 0 Å². The van der Waals surface area contributed by atoms with Gasteiger partial charge in [-0.05, 0) is 59.6 Å². The van der Waals surface area contributed by atoms with Gasteiger partial charge in [0.05, 0.1) is 5.52 Å². The normalized spacial score (nSPS) is 11.8. The molecule has 17 heavy (non-hydrogen) atoms. The lowest BCUT2D eigenvalue weighted by Crippen LogP contribution is -2.05. The molecule has 0 aliphatic rings. The summed E-state index contributed by atoms with van der Waals surface area (Å²) in [5, 5.41) is 1.35. The number of hydrogen-bond donors (Lipinski definition) is 0. The number of nitrogens with zero attached hydrogens (tertiary/aromatic N) is 2. The number of hydrogen-bond acceptors (Lipinski definition) is 1. The Bertz CT molecular complexity index is 589. The second kappa shape index (κ2) is 3.86. The zero-order valence-corrected chi connectivity index (χ0v) is 12.0. The smallest absolute Gasteiger partial charge is 0.0553 e. The van der Waals surface area contributed by atoms with E-state index in [1.165, 1.54) is 27.7 Å². The van der Waals surface area contributed by atoms with Crippen molar-refractivity contribution >= 4 is 10.9 Å². The van der Waals surface area contributed by atoms with Crippen molar-refractivity contribution in [1.29, 1.82) is 0 Å². The molecular weight excluding hydrogens is 208 g/mol. The highest BCUT2D eigenvalue weighted by atomic mass is 15.0. The van der Waals surface area contributed by atoms with E-state index >= 15 is 0 Å². The maximum atomic E-state index is 4.66. The molecule has 0 aliphatic carbocycles. The molecule has 0 saturated carbocycles. The Morgan fingerprint density at radius 1 is 0.882 bits per heavy atom. The zero-order valence-electron chi connectivity index (χ0n) is 12.0. The fourth-order valence-corrected chi connectivity index (χ4v) is 2.85. The predicted octanol–water partition coefficient (Wildman–Crippen LogP) is 4.16. The number of rotatable bonds is 1. The van der Waals surface area contributed by atoms with Crippen molar-refractivity contribution in [3.8, 4) is 0 Å². The highest BCUT2D eigenvalue weighted by Crippen LogP contribution is 2.33. The Morgan fingerprint density at radius 3 is 2.00 bits per heavy atom. The maximum absolute atomic E-state index is 4.66. The third kappa shape index (κ3) is 1.58. The molecule has 0 spiro atoms. The van der Waals surface area contributed by atoms with Crippen LogP contribution < -0.4 is 0 Å². The van der Waals surface area contributed by atoms with E-state index in [9.17, 15) is 0 Å². The van der Waals surface area contributed by atoms with Crippen molar-refractivity contribution in [2.75, 3.05) is 0 Å². The lowest BCUT2D eigenvalue weighted by Gasteiger charge is -2.15. The summed E-state index contributed by atoms with van der Waals surface area (Å²) in [6.07, 6.45) is 0. The minimum Gasteiger partial charge on any atom is -0.342 e. The molecule has 2 aromatic rings. The standard InChI is InChI=1S/C15H22N2/c1-8(2)17-13(7)10(4)14-12(6)16-11(5)9(3)15(14)17/h8H,1-7H3. The molecule has 0 radical (unpaired) electrons. The van der Waals surface area contributed by atoms with Crippen LogP contribution in [0, 0.1) is 34.6 Å². The van der Waals surface area contributed by atoms with Gasteiger partial charge in [0.15, 0.2) is 0 Å².